The second-order valence-electron chi connectivity index (χ2n) is 5.15. The fourth-order valence-corrected chi connectivity index (χ4v) is 2.14. The lowest BCUT2D eigenvalue weighted by Gasteiger charge is -2.11. The van der Waals surface area contributed by atoms with E-state index >= 15 is 0 Å². The molecule has 1 heterocycles. The standard InChI is InChI=1S/C18H25N3O2/c1-19-18(21-12-10-16-7-3-2-4-8-16)20-11-6-13-22-15-17-9-5-14-23-17/h2-5,7-9,14H,6,10-13,15H2,1H3,(H2,19,20,21). The molecule has 1 aromatic heterocycles. The minimum Gasteiger partial charge on any atom is -0.467 e. The van der Waals surface area contributed by atoms with Gasteiger partial charge in [0, 0.05) is 26.7 Å². The SMILES string of the molecule is CN=C(NCCCOCc1ccco1)NCCc1ccccc1. The van der Waals surface area contributed by atoms with Crippen LogP contribution in [-0.2, 0) is 17.8 Å². The van der Waals surface area contributed by atoms with Crippen LogP contribution < -0.4 is 10.6 Å². The number of aliphatic imine (C=N–C) groups is 1. The smallest absolute Gasteiger partial charge is 0.190 e. The maximum Gasteiger partial charge on any atom is 0.190 e. The highest BCUT2D eigenvalue weighted by Gasteiger charge is 1.98. The molecule has 0 aliphatic rings. The van der Waals surface area contributed by atoms with Crippen LogP contribution >= 0.6 is 0 Å². The maximum absolute atomic E-state index is 5.54. The van der Waals surface area contributed by atoms with E-state index in [1.165, 1.54) is 5.56 Å². The van der Waals surface area contributed by atoms with Crippen molar-refractivity contribution in [2.75, 3.05) is 26.7 Å². The van der Waals surface area contributed by atoms with Gasteiger partial charge in [-0.3, -0.25) is 4.99 Å². The summed E-state index contributed by atoms with van der Waals surface area (Å²) in [5.41, 5.74) is 1.32. The minimum absolute atomic E-state index is 0.525. The zero-order valence-corrected chi connectivity index (χ0v) is 13.6. The summed E-state index contributed by atoms with van der Waals surface area (Å²) in [5.74, 6) is 1.68. The Balaban J connectivity index is 1.51. The molecule has 0 aliphatic heterocycles. The van der Waals surface area contributed by atoms with Crippen LogP contribution in [-0.4, -0.2) is 32.7 Å². The van der Waals surface area contributed by atoms with Crippen LogP contribution in [0, 0.1) is 0 Å². The lowest BCUT2D eigenvalue weighted by molar-refractivity contribution is 0.105. The van der Waals surface area contributed by atoms with Crippen molar-refractivity contribution >= 4 is 5.96 Å². The molecule has 0 fully saturated rings. The summed E-state index contributed by atoms with van der Waals surface area (Å²) in [5, 5.41) is 6.60. The van der Waals surface area contributed by atoms with Gasteiger partial charge in [0.25, 0.3) is 0 Å². The van der Waals surface area contributed by atoms with Gasteiger partial charge in [-0.2, -0.15) is 0 Å². The molecule has 0 bridgehead atoms. The van der Waals surface area contributed by atoms with Crippen LogP contribution in [0.4, 0.5) is 0 Å². The number of ether oxygens (including phenoxy) is 1. The molecule has 0 atom stereocenters. The highest BCUT2D eigenvalue weighted by molar-refractivity contribution is 5.79. The number of hydrogen-bond acceptors (Lipinski definition) is 3. The second kappa shape index (κ2) is 10.5. The van der Waals surface area contributed by atoms with E-state index in [0.29, 0.717) is 13.2 Å². The number of benzene rings is 1. The molecule has 0 spiro atoms. The van der Waals surface area contributed by atoms with E-state index < -0.39 is 0 Å². The lowest BCUT2D eigenvalue weighted by atomic mass is 10.1. The molecule has 0 radical (unpaired) electrons. The number of guanidine groups is 1. The molecule has 5 heteroatoms. The summed E-state index contributed by atoms with van der Waals surface area (Å²) >= 11 is 0. The number of nitrogens with one attached hydrogen (secondary N) is 2. The summed E-state index contributed by atoms with van der Waals surface area (Å²) in [6.07, 6.45) is 3.55. The highest BCUT2D eigenvalue weighted by atomic mass is 16.5. The average molecular weight is 315 g/mol. The summed E-state index contributed by atoms with van der Waals surface area (Å²) < 4.78 is 10.7. The van der Waals surface area contributed by atoms with Gasteiger partial charge in [-0.05, 0) is 30.5 Å². The van der Waals surface area contributed by atoms with Gasteiger partial charge < -0.3 is 19.8 Å². The Labute approximate surface area is 137 Å². The van der Waals surface area contributed by atoms with Gasteiger partial charge in [-0.25, -0.2) is 0 Å². The molecule has 0 amide bonds. The first-order chi connectivity index (χ1) is 11.4. The van der Waals surface area contributed by atoms with Crippen molar-refractivity contribution in [3.8, 4) is 0 Å². The van der Waals surface area contributed by atoms with Crippen LogP contribution in [0.1, 0.15) is 17.7 Å². The van der Waals surface area contributed by atoms with E-state index in [0.717, 1.165) is 37.7 Å². The van der Waals surface area contributed by atoms with Crippen LogP contribution in [0.25, 0.3) is 0 Å². The summed E-state index contributed by atoms with van der Waals surface area (Å²) in [6.45, 7) is 2.90. The Hall–Kier alpha value is -2.27. The molecule has 0 saturated carbocycles. The van der Waals surface area contributed by atoms with Crippen molar-refractivity contribution in [3.05, 3.63) is 60.1 Å². The normalized spacial score (nSPS) is 11.4. The monoisotopic (exact) mass is 315 g/mol. The molecule has 0 aliphatic carbocycles. The number of hydrogen-bond donors (Lipinski definition) is 2. The van der Waals surface area contributed by atoms with E-state index in [1.807, 2.05) is 18.2 Å². The zero-order valence-electron chi connectivity index (χ0n) is 13.6. The Kier molecular flexibility index (Phi) is 7.77. The number of rotatable bonds is 9. The lowest BCUT2D eigenvalue weighted by Crippen LogP contribution is -2.39. The van der Waals surface area contributed by atoms with Gasteiger partial charge in [0.05, 0.1) is 6.26 Å². The molecule has 2 N–H and O–H groups in total. The van der Waals surface area contributed by atoms with Crippen LogP contribution in [0.3, 0.4) is 0 Å². The Bertz CT molecular complexity index is 553. The molecule has 0 saturated heterocycles. The Morgan fingerprint density at radius 2 is 1.91 bits per heavy atom. The van der Waals surface area contributed by atoms with Crippen molar-refractivity contribution in [1.29, 1.82) is 0 Å². The third-order valence-electron chi connectivity index (χ3n) is 3.35. The predicted octanol–water partition coefficient (Wildman–Crippen LogP) is 2.59. The molecule has 5 nitrogen and oxygen atoms in total. The summed E-state index contributed by atoms with van der Waals surface area (Å²) in [4.78, 5) is 4.22. The third kappa shape index (κ3) is 7.02. The number of nitrogens with zero attached hydrogens (tertiary/aromatic N) is 1. The van der Waals surface area contributed by atoms with E-state index in [2.05, 4.69) is 39.9 Å². The third-order valence-corrected chi connectivity index (χ3v) is 3.35. The predicted molar refractivity (Wildman–Crippen MR) is 92.5 cm³/mol. The van der Waals surface area contributed by atoms with Gasteiger partial charge in [0.15, 0.2) is 5.96 Å². The van der Waals surface area contributed by atoms with Crippen molar-refractivity contribution in [2.24, 2.45) is 4.99 Å². The zero-order chi connectivity index (χ0) is 16.2. The van der Waals surface area contributed by atoms with Crippen LogP contribution in [0.15, 0.2) is 58.1 Å². The van der Waals surface area contributed by atoms with Crippen LogP contribution in [0.5, 0.6) is 0 Å². The van der Waals surface area contributed by atoms with Gasteiger partial charge in [0.1, 0.15) is 12.4 Å². The molecule has 2 rings (SSSR count). The fraction of sp³-hybridized carbons (Fsp3) is 0.389. The highest BCUT2D eigenvalue weighted by Crippen LogP contribution is 2.01. The van der Waals surface area contributed by atoms with Crippen LogP contribution in [0.2, 0.25) is 0 Å². The molecule has 23 heavy (non-hydrogen) atoms. The van der Waals surface area contributed by atoms with Gasteiger partial charge >= 0.3 is 0 Å². The quantitative estimate of drug-likeness (QED) is 0.424. The number of furan rings is 1. The van der Waals surface area contributed by atoms with Gasteiger partial charge in [0.2, 0.25) is 0 Å². The fourth-order valence-electron chi connectivity index (χ4n) is 2.14. The van der Waals surface area contributed by atoms with E-state index in [4.69, 9.17) is 9.15 Å². The first-order valence-corrected chi connectivity index (χ1v) is 7.97. The second-order valence-corrected chi connectivity index (χ2v) is 5.15. The van der Waals surface area contributed by atoms with E-state index in [9.17, 15) is 0 Å². The van der Waals surface area contributed by atoms with E-state index in [-0.39, 0.29) is 0 Å². The van der Waals surface area contributed by atoms with Gasteiger partial charge in [-0.15, -0.1) is 0 Å². The molecule has 2 aromatic rings. The molecular weight excluding hydrogens is 290 g/mol. The Morgan fingerprint density at radius 3 is 2.65 bits per heavy atom. The Morgan fingerprint density at radius 1 is 1.09 bits per heavy atom. The average Bonchev–Trinajstić information content (AvgIpc) is 3.10. The minimum atomic E-state index is 0.525. The van der Waals surface area contributed by atoms with E-state index in [1.54, 1.807) is 13.3 Å². The van der Waals surface area contributed by atoms with Crippen molar-refractivity contribution in [1.82, 2.24) is 10.6 Å². The molecule has 124 valence electrons. The topological polar surface area (TPSA) is 58.8 Å². The molecular formula is C18H25N3O2. The van der Waals surface area contributed by atoms with Crippen molar-refractivity contribution in [3.63, 3.8) is 0 Å². The largest absolute Gasteiger partial charge is 0.467 e. The molecule has 1 aromatic carbocycles. The maximum atomic E-state index is 5.54. The first kappa shape index (κ1) is 17.1. The molecule has 0 unspecified atom stereocenters. The first-order valence-electron chi connectivity index (χ1n) is 7.97. The van der Waals surface area contributed by atoms with Crippen molar-refractivity contribution < 1.29 is 9.15 Å². The summed E-state index contributed by atoms with van der Waals surface area (Å²) in [7, 11) is 1.78. The summed E-state index contributed by atoms with van der Waals surface area (Å²) in [6, 6.07) is 14.2. The van der Waals surface area contributed by atoms with Gasteiger partial charge in [-0.1, -0.05) is 30.3 Å². The van der Waals surface area contributed by atoms with Crippen molar-refractivity contribution in [2.45, 2.75) is 19.4 Å².